The summed E-state index contributed by atoms with van der Waals surface area (Å²) in [5.41, 5.74) is 4.56. The highest BCUT2D eigenvalue weighted by Gasteiger charge is 2.23. The second-order valence-electron chi connectivity index (χ2n) is 8.15. The molecule has 0 fully saturated rings. The third-order valence-electron chi connectivity index (χ3n) is 5.25. The number of amides is 1. The summed E-state index contributed by atoms with van der Waals surface area (Å²) in [4.78, 5) is 12.9. The first kappa shape index (κ1) is 28.7. The number of terminal acetylenes is 1. The molecular formula is C28H28ClN3O5S. The van der Waals surface area contributed by atoms with Crippen LogP contribution >= 0.6 is 11.6 Å². The lowest BCUT2D eigenvalue weighted by atomic mass is 10.0. The first-order valence-corrected chi connectivity index (χ1v) is 13.6. The van der Waals surface area contributed by atoms with E-state index in [0.717, 1.165) is 5.56 Å². The van der Waals surface area contributed by atoms with Crippen LogP contribution in [-0.2, 0) is 14.8 Å². The van der Waals surface area contributed by atoms with E-state index in [0.29, 0.717) is 29.2 Å². The van der Waals surface area contributed by atoms with Crippen molar-refractivity contribution in [3.8, 4) is 23.8 Å². The molecule has 0 saturated heterocycles. The minimum atomic E-state index is -3.88. The van der Waals surface area contributed by atoms with Gasteiger partial charge in [-0.1, -0.05) is 65.5 Å². The van der Waals surface area contributed by atoms with Crippen LogP contribution in [0.3, 0.4) is 0 Å². The van der Waals surface area contributed by atoms with Crippen molar-refractivity contribution in [1.29, 1.82) is 0 Å². The van der Waals surface area contributed by atoms with Crippen molar-refractivity contribution in [2.75, 3.05) is 13.2 Å². The maximum absolute atomic E-state index is 13.0. The zero-order chi connectivity index (χ0) is 27.5. The normalized spacial score (nSPS) is 12.1. The van der Waals surface area contributed by atoms with Crippen molar-refractivity contribution in [2.45, 2.75) is 31.2 Å². The maximum Gasteiger partial charge on any atom is 0.242 e. The van der Waals surface area contributed by atoms with Gasteiger partial charge in [0.25, 0.3) is 0 Å². The van der Waals surface area contributed by atoms with Crippen molar-refractivity contribution in [2.24, 2.45) is 5.10 Å². The van der Waals surface area contributed by atoms with Crippen molar-refractivity contribution in [3.05, 3.63) is 88.4 Å². The van der Waals surface area contributed by atoms with Crippen LogP contribution < -0.4 is 19.6 Å². The third kappa shape index (κ3) is 8.08. The van der Waals surface area contributed by atoms with E-state index in [1.54, 1.807) is 48.5 Å². The van der Waals surface area contributed by atoms with E-state index in [1.807, 2.05) is 19.9 Å². The number of hydrogen-bond acceptors (Lipinski definition) is 6. The molecule has 0 heterocycles. The van der Waals surface area contributed by atoms with E-state index in [2.05, 4.69) is 21.2 Å². The van der Waals surface area contributed by atoms with Crippen molar-refractivity contribution in [1.82, 2.24) is 10.1 Å². The minimum absolute atomic E-state index is 0.0273. The Balaban J connectivity index is 1.74. The van der Waals surface area contributed by atoms with E-state index < -0.39 is 22.0 Å². The number of rotatable bonds is 12. The molecule has 1 amide bonds. The fourth-order valence-corrected chi connectivity index (χ4v) is 4.97. The van der Waals surface area contributed by atoms with Crippen LogP contribution in [0.15, 0.2) is 76.7 Å². The molecule has 3 aromatic carbocycles. The summed E-state index contributed by atoms with van der Waals surface area (Å²) in [6, 6.07) is 17.8. The first-order valence-electron chi connectivity index (χ1n) is 11.7. The number of sulfonamides is 1. The number of hydrogen-bond donors (Lipinski definition) is 2. The van der Waals surface area contributed by atoms with Crippen molar-refractivity contribution in [3.63, 3.8) is 0 Å². The second kappa shape index (κ2) is 13.6. The van der Waals surface area contributed by atoms with E-state index in [-0.39, 0.29) is 22.9 Å². The van der Waals surface area contributed by atoms with Gasteiger partial charge >= 0.3 is 0 Å². The topological polar surface area (TPSA) is 106 Å². The fourth-order valence-electron chi connectivity index (χ4n) is 3.47. The number of nitrogens with zero attached hydrogens (tertiary/aromatic N) is 1. The molecule has 2 N–H and O–H groups in total. The predicted molar refractivity (Wildman–Crippen MR) is 148 cm³/mol. The molecular weight excluding hydrogens is 526 g/mol. The summed E-state index contributed by atoms with van der Waals surface area (Å²) in [7, 11) is -3.88. The fraction of sp³-hybridized carbons (Fsp3) is 0.214. The Kier molecular flexibility index (Phi) is 10.3. The molecule has 38 heavy (non-hydrogen) atoms. The zero-order valence-electron chi connectivity index (χ0n) is 21.0. The number of nitrogens with one attached hydrogen (secondary N) is 2. The highest BCUT2D eigenvalue weighted by Crippen LogP contribution is 2.36. The van der Waals surface area contributed by atoms with Gasteiger partial charge in [-0.2, -0.15) is 5.10 Å². The summed E-state index contributed by atoms with van der Waals surface area (Å²) in [5.74, 6) is 2.59. The standard InChI is InChI=1S/C28H28ClN3O5S/c1-4-15-37-28-24(29)16-21(17-26(28)36-5-2)19-30-31-27(33)18-25(22-9-7-6-8-10-22)32-38(34,35)23-13-11-20(3)12-14-23/h1,6-14,16-17,19,25,32H,5,15,18H2,2-3H3,(H,31,33)/b30-19-/t25-/m0/s1. The Hall–Kier alpha value is -3.84. The number of ether oxygens (including phenoxy) is 2. The highest BCUT2D eigenvalue weighted by atomic mass is 35.5. The number of halogens is 1. The Bertz CT molecular complexity index is 1420. The second-order valence-corrected chi connectivity index (χ2v) is 10.3. The van der Waals surface area contributed by atoms with Gasteiger partial charge in [0.2, 0.25) is 15.9 Å². The monoisotopic (exact) mass is 553 g/mol. The van der Waals surface area contributed by atoms with Crippen LogP contribution in [-0.4, -0.2) is 33.8 Å². The summed E-state index contributed by atoms with van der Waals surface area (Å²) >= 11 is 6.32. The lowest BCUT2D eigenvalue weighted by molar-refractivity contribution is -0.121. The molecule has 3 aromatic rings. The first-order chi connectivity index (χ1) is 18.2. The number of carbonyl (C=O) groups is 1. The Morgan fingerprint density at radius 1 is 1.13 bits per heavy atom. The Morgan fingerprint density at radius 2 is 1.84 bits per heavy atom. The van der Waals surface area contributed by atoms with E-state index >= 15 is 0 Å². The lowest BCUT2D eigenvalue weighted by Gasteiger charge is -2.18. The summed E-state index contributed by atoms with van der Waals surface area (Å²) in [6.45, 7) is 4.09. The quantitative estimate of drug-likeness (QED) is 0.193. The molecule has 0 aliphatic carbocycles. The Labute approximate surface area is 228 Å². The molecule has 198 valence electrons. The SMILES string of the molecule is C#CCOc1c(Cl)cc(/C=N\NC(=O)C[C@H](NS(=O)(=O)c2ccc(C)cc2)c2ccccc2)cc1OCC. The number of carbonyl (C=O) groups excluding carboxylic acids is 1. The summed E-state index contributed by atoms with van der Waals surface area (Å²) in [5, 5.41) is 4.27. The molecule has 3 rings (SSSR count). The van der Waals surface area contributed by atoms with Gasteiger partial charge in [-0.05, 0) is 49.2 Å². The molecule has 8 nitrogen and oxygen atoms in total. The predicted octanol–water partition coefficient (Wildman–Crippen LogP) is 4.62. The van der Waals surface area contributed by atoms with Gasteiger partial charge in [0, 0.05) is 6.42 Å². The van der Waals surface area contributed by atoms with Gasteiger partial charge in [0.05, 0.1) is 28.8 Å². The molecule has 0 radical (unpaired) electrons. The van der Waals surface area contributed by atoms with E-state index in [1.165, 1.54) is 18.3 Å². The molecule has 10 heteroatoms. The third-order valence-corrected chi connectivity index (χ3v) is 7.02. The Morgan fingerprint density at radius 3 is 2.50 bits per heavy atom. The van der Waals surface area contributed by atoms with Crippen LogP contribution in [0.1, 0.15) is 36.1 Å². The van der Waals surface area contributed by atoms with Crippen LogP contribution in [0.2, 0.25) is 5.02 Å². The molecule has 0 spiro atoms. The van der Waals surface area contributed by atoms with Gasteiger partial charge in [0.15, 0.2) is 11.5 Å². The smallest absolute Gasteiger partial charge is 0.242 e. The van der Waals surface area contributed by atoms with Gasteiger partial charge in [-0.15, -0.1) is 6.42 Å². The molecule has 0 unspecified atom stereocenters. The van der Waals surface area contributed by atoms with Crippen LogP contribution in [0, 0.1) is 19.3 Å². The summed E-state index contributed by atoms with van der Waals surface area (Å²) < 4.78 is 39.7. The van der Waals surface area contributed by atoms with Crippen LogP contribution in [0.5, 0.6) is 11.5 Å². The van der Waals surface area contributed by atoms with Gasteiger partial charge in [0.1, 0.15) is 6.61 Å². The number of hydrazone groups is 1. The van der Waals surface area contributed by atoms with Gasteiger partial charge in [-0.25, -0.2) is 18.6 Å². The van der Waals surface area contributed by atoms with E-state index in [4.69, 9.17) is 27.5 Å². The zero-order valence-corrected chi connectivity index (χ0v) is 22.6. The lowest BCUT2D eigenvalue weighted by Crippen LogP contribution is -2.32. The molecule has 0 aliphatic heterocycles. The number of benzene rings is 3. The molecule has 0 aromatic heterocycles. The number of aryl methyl sites for hydroxylation is 1. The maximum atomic E-state index is 13.0. The van der Waals surface area contributed by atoms with E-state index in [9.17, 15) is 13.2 Å². The van der Waals surface area contributed by atoms with Gasteiger partial charge in [-0.3, -0.25) is 4.79 Å². The van der Waals surface area contributed by atoms with Crippen molar-refractivity contribution >= 4 is 33.7 Å². The average molecular weight is 554 g/mol. The average Bonchev–Trinajstić information content (AvgIpc) is 2.89. The molecule has 1 atom stereocenters. The molecule has 0 saturated carbocycles. The molecule has 0 aliphatic rings. The van der Waals surface area contributed by atoms with Crippen molar-refractivity contribution < 1.29 is 22.7 Å². The molecule has 0 bridgehead atoms. The summed E-state index contributed by atoms with van der Waals surface area (Å²) in [6.07, 6.45) is 6.47. The largest absolute Gasteiger partial charge is 0.490 e. The minimum Gasteiger partial charge on any atom is -0.490 e. The van der Waals surface area contributed by atoms with Gasteiger partial charge < -0.3 is 9.47 Å². The van der Waals surface area contributed by atoms with Crippen LogP contribution in [0.25, 0.3) is 0 Å². The highest BCUT2D eigenvalue weighted by molar-refractivity contribution is 7.89. The van der Waals surface area contributed by atoms with Crippen LogP contribution in [0.4, 0.5) is 0 Å².